The Balaban J connectivity index is 2.00. The molecule has 2 nitrogen and oxygen atoms in total. The van der Waals surface area contributed by atoms with Gasteiger partial charge in [0.1, 0.15) is 13.4 Å². The van der Waals surface area contributed by atoms with Crippen LogP contribution in [0, 0.1) is 0 Å². The third kappa shape index (κ3) is 4.13. The molecule has 0 saturated carbocycles. The van der Waals surface area contributed by atoms with Crippen LogP contribution in [0.3, 0.4) is 0 Å². The van der Waals surface area contributed by atoms with Crippen molar-refractivity contribution in [3.63, 3.8) is 0 Å². The minimum absolute atomic E-state index is 0.0768. The first kappa shape index (κ1) is 19.1. The van der Waals surface area contributed by atoms with Crippen molar-refractivity contribution in [3.05, 3.63) is 120 Å². The molecule has 142 valence electrons. The highest BCUT2D eigenvalue weighted by Gasteiger charge is 2.36. The van der Waals surface area contributed by atoms with Crippen molar-refractivity contribution in [1.29, 1.82) is 0 Å². The van der Waals surface area contributed by atoms with E-state index >= 15 is 0 Å². The van der Waals surface area contributed by atoms with E-state index in [2.05, 4.69) is 84.7 Å². The fraction of sp³-hybridized carbons (Fsp3) is 0.0769. The summed E-state index contributed by atoms with van der Waals surface area (Å²) >= 11 is 0. The van der Waals surface area contributed by atoms with E-state index in [1.807, 2.05) is 18.2 Å². The zero-order valence-electron chi connectivity index (χ0n) is 16.2. The monoisotopic (exact) mass is 397 g/mol. The van der Waals surface area contributed by atoms with Gasteiger partial charge in [0, 0.05) is 11.1 Å². The van der Waals surface area contributed by atoms with Crippen molar-refractivity contribution in [2.24, 2.45) is 0 Å². The summed E-state index contributed by atoms with van der Waals surface area (Å²) in [5, 5.41) is 0. The summed E-state index contributed by atoms with van der Waals surface area (Å²) < 4.78 is 4.96. The van der Waals surface area contributed by atoms with Crippen molar-refractivity contribution in [2.75, 3.05) is 7.11 Å². The average molecular weight is 397 g/mol. The molecule has 0 fully saturated rings. The maximum absolute atomic E-state index is 12.1. The van der Waals surface area contributed by atoms with E-state index < -0.39 is 7.55 Å². The van der Waals surface area contributed by atoms with Crippen molar-refractivity contribution in [3.8, 4) is 0 Å². The second kappa shape index (κ2) is 8.86. The summed E-state index contributed by atoms with van der Waals surface area (Å²) in [7, 11) is 0.559. The van der Waals surface area contributed by atoms with Gasteiger partial charge >= 0.3 is 5.97 Å². The molecule has 2 atom stereocenters. The molecule has 3 heteroatoms. The lowest BCUT2D eigenvalue weighted by Crippen LogP contribution is -2.08. The number of allylic oxidation sites excluding steroid dienone is 3. The summed E-state index contributed by atoms with van der Waals surface area (Å²) in [5.41, 5.74) is 6.08. The topological polar surface area (TPSA) is 26.3 Å². The standard InChI is InChI=1S/C26H22O2P/c1-28-24(27)19-29-18-17-23(20-11-5-2-6-12-20)25(21-13-7-3-8-14-21)26(29)22-15-9-4-10-16-22/h2-19,26H,1H3/q+1. The number of hydrogen-bond donors (Lipinski definition) is 0. The van der Waals surface area contributed by atoms with Gasteiger partial charge in [-0.1, -0.05) is 91.0 Å². The Morgan fingerprint density at radius 3 is 1.97 bits per heavy atom. The van der Waals surface area contributed by atoms with Crippen LogP contribution in [-0.4, -0.2) is 18.9 Å². The normalized spacial score (nSPS) is 17.4. The first-order valence-corrected chi connectivity index (χ1v) is 11.1. The number of esters is 1. The van der Waals surface area contributed by atoms with E-state index in [1.54, 1.807) is 5.80 Å². The molecule has 3 aromatic carbocycles. The average Bonchev–Trinajstić information content (AvgIpc) is 2.80. The Kier molecular flexibility index (Phi) is 5.84. The smallest absolute Gasteiger partial charge is 0.373 e. The molecule has 0 spiro atoms. The third-order valence-corrected chi connectivity index (χ3v) is 7.17. The Hall–Kier alpha value is -3.22. The summed E-state index contributed by atoms with van der Waals surface area (Å²) in [6.07, 6.45) is 2.17. The van der Waals surface area contributed by atoms with Gasteiger partial charge in [-0.15, -0.1) is 0 Å². The van der Waals surface area contributed by atoms with Crippen molar-refractivity contribution >= 4 is 30.5 Å². The van der Waals surface area contributed by atoms with Gasteiger partial charge in [-0.2, -0.15) is 0 Å². The quantitative estimate of drug-likeness (QED) is 0.380. The summed E-state index contributed by atoms with van der Waals surface area (Å²) in [6, 6.07) is 31.4. The van der Waals surface area contributed by atoms with Crippen LogP contribution < -0.4 is 0 Å². The van der Waals surface area contributed by atoms with E-state index in [0.717, 1.165) is 0 Å². The Labute approximate surface area is 172 Å². The number of hydrogen-bond acceptors (Lipinski definition) is 2. The van der Waals surface area contributed by atoms with Crippen molar-refractivity contribution in [1.82, 2.24) is 0 Å². The Morgan fingerprint density at radius 1 is 0.828 bits per heavy atom. The molecule has 1 aliphatic heterocycles. The van der Waals surface area contributed by atoms with E-state index in [1.165, 1.54) is 34.9 Å². The molecule has 3 aromatic rings. The first-order valence-electron chi connectivity index (χ1n) is 9.56. The zero-order chi connectivity index (χ0) is 20.1. The fourth-order valence-corrected chi connectivity index (χ4v) is 5.88. The van der Waals surface area contributed by atoms with Gasteiger partial charge in [0.25, 0.3) is 0 Å². The second-order valence-electron chi connectivity index (χ2n) is 6.79. The highest BCUT2D eigenvalue weighted by molar-refractivity contribution is 7.63. The minimum Gasteiger partial charge on any atom is -0.463 e. The van der Waals surface area contributed by atoms with Gasteiger partial charge in [-0.3, -0.25) is 0 Å². The van der Waals surface area contributed by atoms with Crippen LogP contribution in [0.25, 0.3) is 11.1 Å². The molecular weight excluding hydrogens is 375 g/mol. The second-order valence-corrected chi connectivity index (χ2v) is 8.75. The zero-order valence-corrected chi connectivity index (χ0v) is 17.1. The third-order valence-electron chi connectivity index (χ3n) is 5.02. The van der Waals surface area contributed by atoms with Crippen LogP contribution in [-0.2, 0) is 9.53 Å². The van der Waals surface area contributed by atoms with Gasteiger partial charge in [0.05, 0.1) is 7.11 Å². The predicted octanol–water partition coefficient (Wildman–Crippen LogP) is 6.32. The number of methoxy groups -OCH3 is 1. The fourth-order valence-electron chi connectivity index (χ4n) is 3.70. The van der Waals surface area contributed by atoms with E-state index in [-0.39, 0.29) is 11.6 Å². The Morgan fingerprint density at radius 2 is 1.38 bits per heavy atom. The van der Waals surface area contributed by atoms with Crippen LogP contribution in [0.4, 0.5) is 0 Å². The van der Waals surface area contributed by atoms with Crippen LogP contribution in [0.5, 0.6) is 0 Å². The van der Waals surface area contributed by atoms with Crippen molar-refractivity contribution in [2.45, 2.75) is 5.66 Å². The molecule has 1 aliphatic rings. The predicted molar refractivity (Wildman–Crippen MR) is 123 cm³/mol. The number of ether oxygens (including phenoxy) is 1. The van der Waals surface area contributed by atoms with Gasteiger partial charge in [-0.25, -0.2) is 4.79 Å². The number of rotatable bonds is 4. The molecule has 0 saturated heterocycles. The van der Waals surface area contributed by atoms with Crippen LogP contribution >= 0.6 is 7.55 Å². The minimum atomic E-state index is -0.875. The van der Waals surface area contributed by atoms with Crippen LogP contribution in [0.15, 0.2) is 103 Å². The Bertz CT molecular complexity index is 1080. The molecule has 4 rings (SSSR count). The summed E-state index contributed by atoms with van der Waals surface area (Å²) in [5.74, 6) is 3.64. The van der Waals surface area contributed by atoms with Crippen LogP contribution in [0.2, 0.25) is 0 Å². The maximum Gasteiger partial charge on any atom is 0.373 e. The molecule has 0 radical (unpaired) electrons. The molecule has 1 heterocycles. The van der Waals surface area contributed by atoms with Crippen LogP contribution in [0.1, 0.15) is 22.3 Å². The van der Waals surface area contributed by atoms with Gasteiger partial charge < -0.3 is 4.74 Å². The highest BCUT2D eigenvalue weighted by Crippen LogP contribution is 2.56. The molecule has 2 unspecified atom stereocenters. The summed E-state index contributed by atoms with van der Waals surface area (Å²) in [6.45, 7) is 0. The van der Waals surface area contributed by atoms with E-state index in [4.69, 9.17) is 4.74 Å². The highest BCUT2D eigenvalue weighted by atomic mass is 31.1. The largest absolute Gasteiger partial charge is 0.463 e. The lowest BCUT2D eigenvalue weighted by molar-refractivity contribution is -0.132. The summed E-state index contributed by atoms with van der Waals surface area (Å²) in [4.78, 5) is 12.1. The number of carbonyl (C=O) groups is 1. The van der Waals surface area contributed by atoms with Gasteiger partial charge in [-0.05, 0) is 22.8 Å². The number of benzene rings is 3. The van der Waals surface area contributed by atoms with E-state index in [0.29, 0.717) is 0 Å². The lowest BCUT2D eigenvalue weighted by Gasteiger charge is -2.22. The molecule has 0 amide bonds. The van der Waals surface area contributed by atoms with E-state index in [9.17, 15) is 4.79 Å². The maximum atomic E-state index is 12.1. The molecule has 0 aliphatic carbocycles. The number of carbonyl (C=O) groups excluding carboxylic acids is 1. The van der Waals surface area contributed by atoms with Gasteiger partial charge in [0.15, 0.2) is 11.5 Å². The molecule has 29 heavy (non-hydrogen) atoms. The van der Waals surface area contributed by atoms with Crippen molar-refractivity contribution < 1.29 is 9.53 Å². The SMILES string of the molecule is COC(=O)C=[P+]1C=CC(c2ccccc2)=C(c2ccccc2)C1c1ccccc1. The first-order chi connectivity index (χ1) is 14.3. The van der Waals surface area contributed by atoms with Gasteiger partial charge in [0.2, 0.25) is 0 Å². The molecule has 0 bridgehead atoms. The molecule has 0 N–H and O–H groups in total. The molecular formula is C26H22O2P+. The molecule has 0 aromatic heterocycles. The lowest BCUT2D eigenvalue weighted by atomic mass is 9.89.